The van der Waals surface area contributed by atoms with Crippen molar-refractivity contribution in [3.8, 4) is 5.75 Å². The first-order valence-electron chi connectivity index (χ1n) is 6.86. The second-order valence-electron chi connectivity index (χ2n) is 5.16. The molecule has 2 rings (SSSR count). The highest BCUT2D eigenvalue weighted by atomic mass is 16.5. The average molecular weight is 306 g/mol. The minimum atomic E-state index is -1.23. The molecule has 1 atom stereocenters. The topological polar surface area (TPSA) is 95.9 Å². The highest BCUT2D eigenvalue weighted by Crippen LogP contribution is 2.34. The van der Waals surface area contributed by atoms with E-state index in [0.717, 1.165) is 10.5 Å². The van der Waals surface area contributed by atoms with Gasteiger partial charge in [-0.05, 0) is 36.6 Å². The van der Waals surface area contributed by atoms with Gasteiger partial charge in [-0.3, -0.25) is 14.5 Å². The van der Waals surface area contributed by atoms with Crippen molar-refractivity contribution in [2.45, 2.75) is 25.8 Å². The van der Waals surface area contributed by atoms with Crippen molar-refractivity contribution >= 4 is 17.9 Å². The third-order valence-electron chi connectivity index (χ3n) is 3.89. The molecular weight excluding hydrogens is 288 g/mol. The number of carbonyl (C=O) groups excluding carboxylic acids is 2. The van der Waals surface area contributed by atoms with Crippen LogP contribution < -0.4 is 10.1 Å². The molecule has 1 aliphatic rings. The standard InChI is InChI=1S/C15H18N2O5/c1-4-15(10-5-6-11(22-3)9(2)7-10)13(20)17(8-12(18)19)14(21)16-15/h5-7H,4,8H2,1-3H3,(H,16,21)(H,18,19)/t15-/m0/s1. The number of aryl methyl sites for hydroxylation is 1. The Morgan fingerprint density at radius 1 is 1.41 bits per heavy atom. The van der Waals surface area contributed by atoms with E-state index in [1.54, 1.807) is 32.2 Å². The molecule has 1 aliphatic heterocycles. The van der Waals surface area contributed by atoms with Gasteiger partial charge in [0.25, 0.3) is 5.91 Å². The van der Waals surface area contributed by atoms with E-state index in [0.29, 0.717) is 17.7 Å². The third kappa shape index (κ3) is 2.38. The monoisotopic (exact) mass is 306 g/mol. The summed E-state index contributed by atoms with van der Waals surface area (Å²) in [6.45, 7) is 2.95. The molecule has 118 valence electrons. The van der Waals surface area contributed by atoms with Crippen LogP contribution in [0.2, 0.25) is 0 Å². The number of nitrogens with zero attached hydrogens (tertiary/aromatic N) is 1. The van der Waals surface area contributed by atoms with Crippen molar-refractivity contribution in [2.24, 2.45) is 0 Å². The second-order valence-corrected chi connectivity index (χ2v) is 5.16. The fraction of sp³-hybridized carbons (Fsp3) is 0.400. The highest BCUT2D eigenvalue weighted by molar-refractivity contribution is 6.09. The average Bonchev–Trinajstić information content (AvgIpc) is 2.72. The fourth-order valence-corrected chi connectivity index (χ4v) is 2.69. The Morgan fingerprint density at radius 3 is 2.59 bits per heavy atom. The van der Waals surface area contributed by atoms with Gasteiger partial charge in [0.2, 0.25) is 0 Å². The van der Waals surface area contributed by atoms with E-state index >= 15 is 0 Å². The van der Waals surface area contributed by atoms with Crippen LogP contribution in [0.4, 0.5) is 4.79 Å². The van der Waals surface area contributed by atoms with Gasteiger partial charge in [0.05, 0.1) is 7.11 Å². The van der Waals surface area contributed by atoms with Crippen LogP contribution in [0.15, 0.2) is 18.2 Å². The smallest absolute Gasteiger partial charge is 0.325 e. The van der Waals surface area contributed by atoms with Gasteiger partial charge in [0.1, 0.15) is 17.8 Å². The number of carboxylic acid groups (broad SMARTS) is 1. The number of hydrogen-bond donors (Lipinski definition) is 2. The van der Waals surface area contributed by atoms with Crippen molar-refractivity contribution < 1.29 is 24.2 Å². The molecule has 7 nitrogen and oxygen atoms in total. The Kier molecular flexibility index (Phi) is 4.07. The lowest BCUT2D eigenvalue weighted by molar-refractivity contribution is -0.143. The number of hydrogen-bond acceptors (Lipinski definition) is 4. The van der Waals surface area contributed by atoms with Crippen LogP contribution in [0.1, 0.15) is 24.5 Å². The molecule has 0 saturated carbocycles. The quantitative estimate of drug-likeness (QED) is 0.798. The van der Waals surface area contributed by atoms with E-state index in [1.165, 1.54) is 0 Å². The molecule has 0 spiro atoms. The molecule has 1 saturated heterocycles. The Hall–Kier alpha value is -2.57. The van der Waals surface area contributed by atoms with Crippen molar-refractivity contribution in [3.63, 3.8) is 0 Å². The Morgan fingerprint density at radius 2 is 2.09 bits per heavy atom. The number of carbonyl (C=O) groups is 3. The molecule has 0 radical (unpaired) electrons. The minimum absolute atomic E-state index is 0.319. The summed E-state index contributed by atoms with van der Waals surface area (Å²) < 4.78 is 5.19. The predicted molar refractivity (Wildman–Crippen MR) is 77.6 cm³/mol. The van der Waals surface area contributed by atoms with Crippen LogP contribution in [-0.2, 0) is 15.1 Å². The second kappa shape index (κ2) is 5.67. The number of aliphatic carboxylic acids is 1. The van der Waals surface area contributed by atoms with E-state index in [4.69, 9.17) is 9.84 Å². The van der Waals surface area contributed by atoms with Crippen LogP contribution in [0, 0.1) is 6.92 Å². The van der Waals surface area contributed by atoms with Crippen molar-refractivity contribution in [2.75, 3.05) is 13.7 Å². The molecule has 1 aromatic rings. The lowest BCUT2D eigenvalue weighted by Crippen LogP contribution is -2.44. The van der Waals surface area contributed by atoms with E-state index < -0.39 is 30.0 Å². The number of methoxy groups -OCH3 is 1. The normalized spacial score (nSPS) is 21.0. The minimum Gasteiger partial charge on any atom is -0.496 e. The third-order valence-corrected chi connectivity index (χ3v) is 3.89. The van der Waals surface area contributed by atoms with E-state index in [2.05, 4.69) is 5.32 Å². The molecular formula is C15H18N2O5. The summed E-state index contributed by atoms with van der Waals surface area (Å²) >= 11 is 0. The van der Waals surface area contributed by atoms with Gasteiger partial charge in [0.15, 0.2) is 0 Å². The lowest BCUT2D eigenvalue weighted by atomic mass is 9.86. The summed E-state index contributed by atoms with van der Waals surface area (Å²) in [7, 11) is 1.55. The first-order chi connectivity index (χ1) is 10.4. The number of rotatable bonds is 5. The molecule has 0 aromatic heterocycles. The van der Waals surface area contributed by atoms with Crippen molar-refractivity contribution in [1.29, 1.82) is 0 Å². The number of ether oxygens (including phenoxy) is 1. The fourth-order valence-electron chi connectivity index (χ4n) is 2.69. The molecule has 1 heterocycles. The van der Waals surface area contributed by atoms with Crippen LogP contribution >= 0.6 is 0 Å². The first kappa shape index (κ1) is 15.8. The first-order valence-corrected chi connectivity index (χ1v) is 6.86. The SMILES string of the molecule is CC[C@@]1(c2ccc(OC)c(C)c2)NC(=O)N(CC(=O)O)C1=O. The Bertz CT molecular complexity index is 643. The number of carboxylic acids is 1. The maximum Gasteiger partial charge on any atom is 0.325 e. The van der Waals surface area contributed by atoms with Crippen molar-refractivity contribution in [1.82, 2.24) is 10.2 Å². The molecule has 0 aliphatic carbocycles. The Labute approximate surface area is 127 Å². The maximum absolute atomic E-state index is 12.6. The number of nitrogens with one attached hydrogen (secondary N) is 1. The maximum atomic E-state index is 12.6. The van der Waals surface area contributed by atoms with E-state index in [-0.39, 0.29) is 0 Å². The van der Waals surface area contributed by atoms with Crippen LogP contribution in [0.5, 0.6) is 5.75 Å². The zero-order valence-corrected chi connectivity index (χ0v) is 12.7. The summed E-state index contributed by atoms with van der Waals surface area (Å²) in [6.07, 6.45) is 0.319. The molecule has 1 aromatic carbocycles. The molecule has 3 amide bonds. The van der Waals surface area contributed by atoms with Crippen LogP contribution in [-0.4, -0.2) is 41.6 Å². The Balaban J connectivity index is 2.46. The molecule has 22 heavy (non-hydrogen) atoms. The summed E-state index contributed by atoms with van der Waals surface area (Å²) in [5.41, 5.74) is 0.204. The molecule has 1 fully saturated rings. The van der Waals surface area contributed by atoms with Gasteiger partial charge in [0, 0.05) is 0 Å². The largest absolute Gasteiger partial charge is 0.496 e. The molecule has 0 bridgehead atoms. The predicted octanol–water partition coefficient (Wildman–Crippen LogP) is 1.25. The number of benzene rings is 1. The highest BCUT2D eigenvalue weighted by Gasteiger charge is 2.51. The molecule has 7 heteroatoms. The number of amides is 3. The number of imide groups is 1. The van der Waals surface area contributed by atoms with Gasteiger partial charge in [-0.25, -0.2) is 4.79 Å². The van der Waals surface area contributed by atoms with Crippen molar-refractivity contribution in [3.05, 3.63) is 29.3 Å². The summed E-state index contributed by atoms with van der Waals surface area (Å²) in [5.74, 6) is -1.11. The molecule has 2 N–H and O–H groups in total. The van der Waals surface area contributed by atoms with E-state index in [1.807, 2.05) is 6.92 Å². The summed E-state index contributed by atoms with van der Waals surface area (Å²) in [4.78, 5) is 36.2. The van der Waals surface area contributed by atoms with Gasteiger partial charge >= 0.3 is 12.0 Å². The zero-order valence-electron chi connectivity index (χ0n) is 12.7. The lowest BCUT2D eigenvalue weighted by Gasteiger charge is -2.26. The summed E-state index contributed by atoms with van der Waals surface area (Å²) in [5, 5.41) is 11.5. The van der Waals surface area contributed by atoms with E-state index in [9.17, 15) is 14.4 Å². The van der Waals surface area contributed by atoms with Gasteiger partial charge in [-0.15, -0.1) is 0 Å². The van der Waals surface area contributed by atoms with Gasteiger partial charge < -0.3 is 15.2 Å². The van der Waals surface area contributed by atoms with Crippen LogP contribution in [0.25, 0.3) is 0 Å². The van der Waals surface area contributed by atoms with Gasteiger partial charge in [-0.2, -0.15) is 0 Å². The van der Waals surface area contributed by atoms with Gasteiger partial charge in [-0.1, -0.05) is 13.0 Å². The molecule has 0 unspecified atom stereocenters. The number of urea groups is 1. The zero-order chi connectivity index (χ0) is 16.5. The summed E-state index contributed by atoms with van der Waals surface area (Å²) in [6, 6.07) is 4.51. The van der Waals surface area contributed by atoms with Crippen LogP contribution in [0.3, 0.4) is 0 Å².